The van der Waals surface area contributed by atoms with Crippen molar-refractivity contribution in [1.29, 1.82) is 0 Å². The normalized spacial score (nSPS) is 40.3. The number of alkyl carbamates (subject to hydrolysis) is 1. The van der Waals surface area contributed by atoms with E-state index in [2.05, 4.69) is 46.0 Å². The van der Waals surface area contributed by atoms with Gasteiger partial charge < -0.3 is 10.1 Å². The smallest absolute Gasteiger partial charge is 0.407 e. The van der Waals surface area contributed by atoms with Gasteiger partial charge in [0.15, 0.2) is 0 Å². The van der Waals surface area contributed by atoms with Gasteiger partial charge in [0, 0.05) is 12.5 Å². The molecule has 0 aliphatic heterocycles. The highest BCUT2D eigenvalue weighted by atomic mass is 16.6. The first-order valence-electron chi connectivity index (χ1n) is 14.7. The summed E-state index contributed by atoms with van der Waals surface area (Å²) in [5, 5.41) is 2.90. The van der Waals surface area contributed by atoms with Crippen molar-refractivity contribution < 1.29 is 9.53 Å². The van der Waals surface area contributed by atoms with Gasteiger partial charge >= 0.3 is 6.09 Å². The average Bonchev–Trinajstić information content (AvgIpc) is 3.10. The molecule has 8 atom stereocenters. The lowest BCUT2D eigenvalue weighted by atomic mass is 9.47. The molecule has 194 valence electrons. The summed E-state index contributed by atoms with van der Waals surface area (Å²) in [5.41, 5.74) is 2.47. The summed E-state index contributed by atoms with van der Waals surface area (Å²) in [7, 11) is 0. The van der Waals surface area contributed by atoms with Crippen LogP contribution in [0.5, 0.6) is 0 Å². The van der Waals surface area contributed by atoms with Gasteiger partial charge in [0.25, 0.3) is 0 Å². The average molecular weight is 472 g/mol. The molecule has 0 aromatic carbocycles. The van der Waals surface area contributed by atoms with Crippen LogP contribution in [0.4, 0.5) is 4.79 Å². The lowest BCUT2D eigenvalue weighted by Gasteiger charge is -2.58. The van der Waals surface area contributed by atoms with Crippen molar-refractivity contribution in [3.8, 4) is 0 Å². The molecule has 3 heteroatoms. The minimum absolute atomic E-state index is 0.0473. The van der Waals surface area contributed by atoms with E-state index in [1.165, 1.54) is 57.8 Å². The van der Waals surface area contributed by atoms with Gasteiger partial charge in [0.2, 0.25) is 0 Å². The number of ether oxygens (including phenoxy) is 1. The van der Waals surface area contributed by atoms with Gasteiger partial charge in [-0.3, -0.25) is 0 Å². The van der Waals surface area contributed by atoms with Crippen LogP contribution in [0, 0.1) is 46.3 Å². The molecule has 4 aliphatic carbocycles. The zero-order valence-electron chi connectivity index (χ0n) is 23.3. The minimum atomic E-state index is -0.245. The fourth-order valence-corrected chi connectivity index (χ4v) is 9.17. The fourth-order valence-electron chi connectivity index (χ4n) is 9.17. The van der Waals surface area contributed by atoms with Crippen LogP contribution in [-0.4, -0.2) is 18.2 Å². The van der Waals surface area contributed by atoms with Crippen LogP contribution in [-0.2, 0) is 4.74 Å². The minimum Gasteiger partial charge on any atom is -0.446 e. The Balaban J connectivity index is 1.42. The maximum Gasteiger partial charge on any atom is 0.407 e. The van der Waals surface area contributed by atoms with Crippen LogP contribution < -0.4 is 5.32 Å². The van der Waals surface area contributed by atoms with Gasteiger partial charge in [-0.1, -0.05) is 65.5 Å². The summed E-state index contributed by atoms with van der Waals surface area (Å²) >= 11 is 0. The quantitative estimate of drug-likeness (QED) is 0.378. The van der Waals surface area contributed by atoms with Crippen molar-refractivity contribution in [3.63, 3.8) is 0 Å². The van der Waals surface area contributed by atoms with Gasteiger partial charge in [-0.2, -0.15) is 0 Å². The summed E-state index contributed by atoms with van der Waals surface area (Å²) < 4.78 is 5.81. The maximum atomic E-state index is 12.2. The molecule has 0 aromatic rings. The summed E-state index contributed by atoms with van der Waals surface area (Å²) in [6.45, 7) is 16.5. The Morgan fingerprint density at radius 1 is 1.03 bits per heavy atom. The van der Waals surface area contributed by atoms with E-state index in [-0.39, 0.29) is 18.2 Å². The summed E-state index contributed by atoms with van der Waals surface area (Å²) in [5.74, 6) is 5.23. The van der Waals surface area contributed by atoms with E-state index in [0.29, 0.717) is 10.8 Å². The number of carbonyl (C=O) groups is 1. The second kappa shape index (κ2) is 10.2. The predicted molar refractivity (Wildman–Crippen MR) is 142 cm³/mol. The van der Waals surface area contributed by atoms with Gasteiger partial charge in [0.05, 0.1) is 0 Å². The Morgan fingerprint density at radius 3 is 2.50 bits per heavy atom. The molecule has 3 nitrogen and oxygen atoms in total. The Morgan fingerprint density at radius 2 is 1.79 bits per heavy atom. The molecule has 0 heterocycles. The number of carbonyl (C=O) groups excluding carboxylic acids is 1. The monoisotopic (exact) mass is 471 g/mol. The van der Waals surface area contributed by atoms with E-state index in [1.54, 1.807) is 5.57 Å². The molecule has 4 aliphatic rings. The standard InChI is InChI=1S/C31H53NO2/c1-20(2)9-8-10-22(5)26-13-14-27-25-12-11-23-19-24(34-29(33)32-21(3)4)15-17-30(23,6)28(25)16-18-31(26,27)7/h11,20-22,24-28H,8-10,12-19H2,1-7H3,(H,32,33)/t22?,24-,25?,26?,27?,28?,30-,31+/m0/s1. The van der Waals surface area contributed by atoms with Crippen LogP contribution >= 0.6 is 0 Å². The molecular formula is C31H53NO2. The first kappa shape index (κ1) is 26.1. The molecule has 4 rings (SSSR count). The van der Waals surface area contributed by atoms with Crippen molar-refractivity contribution in [1.82, 2.24) is 5.32 Å². The second-order valence-corrected chi connectivity index (χ2v) is 13.9. The van der Waals surface area contributed by atoms with E-state index in [0.717, 1.165) is 48.3 Å². The second-order valence-electron chi connectivity index (χ2n) is 13.9. The summed E-state index contributed by atoms with van der Waals surface area (Å²) in [6.07, 6.45) is 16.8. The number of amides is 1. The zero-order valence-corrected chi connectivity index (χ0v) is 23.3. The van der Waals surface area contributed by atoms with Crippen molar-refractivity contribution >= 4 is 6.09 Å². The zero-order chi connectivity index (χ0) is 24.7. The van der Waals surface area contributed by atoms with E-state index < -0.39 is 0 Å². The molecule has 1 N–H and O–H groups in total. The highest BCUT2D eigenvalue weighted by Gasteiger charge is 2.59. The lowest BCUT2D eigenvalue weighted by molar-refractivity contribution is -0.0581. The van der Waals surface area contributed by atoms with Crippen LogP contribution in [0.15, 0.2) is 11.6 Å². The largest absolute Gasteiger partial charge is 0.446 e. The summed E-state index contributed by atoms with van der Waals surface area (Å²) in [6, 6.07) is 0.126. The number of hydrogen-bond acceptors (Lipinski definition) is 2. The number of rotatable bonds is 7. The summed E-state index contributed by atoms with van der Waals surface area (Å²) in [4.78, 5) is 12.2. The Kier molecular flexibility index (Phi) is 7.80. The SMILES string of the molecule is CC(C)CCCC(C)C1CCC2C3CC=C4C[C@@H](OC(=O)NC(C)C)CC[C@]4(C)C3CC[C@]12C. The molecular weight excluding hydrogens is 418 g/mol. The first-order valence-corrected chi connectivity index (χ1v) is 14.7. The number of nitrogens with one attached hydrogen (secondary N) is 1. The van der Waals surface area contributed by atoms with E-state index in [9.17, 15) is 4.79 Å². The van der Waals surface area contributed by atoms with E-state index in [4.69, 9.17) is 4.74 Å². The van der Waals surface area contributed by atoms with Crippen LogP contribution in [0.1, 0.15) is 119 Å². The molecule has 5 unspecified atom stereocenters. The molecule has 3 fully saturated rings. The molecule has 0 radical (unpaired) electrons. The van der Waals surface area contributed by atoms with Crippen LogP contribution in [0.2, 0.25) is 0 Å². The highest BCUT2D eigenvalue weighted by molar-refractivity contribution is 5.67. The highest BCUT2D eigenvalue weighted by Crippen LogP contribution is 2.67. The van der Waals surface area contributed by atoms with Crippen molar-refractivity contribution in [2.24, 2.45) is 46.3 Å². The van der Waals surface area contributed by atoms with Gasteiger partial charge in [-0.25, -0.2) is 4.79 Å². The van der Waals surface area contributed by atoms with Crippen molar-refractivity contribution in [3.05, 3.63) is 11.6 Å². The lowest BCUT2D eigenvalue weighted by Crippen LogP contribution is -2.51. The fraction of sp³-hybridized carbons (Fsp3) is 0.903. The van der Waals surface area contributed by atoms with Gasteiger partial charge in [-0.15, -0.1) is 0 Å². The number of allylic oxidation sites excluding steroid dienone is 1. The molecule has 1 amide bonds. The van der Waals surface area contributed by atoms with Gasteiger partial charge in [-0.05, 0) is 105 Å². The van der Waals surface area contributed by atoms with Crippen LogP contribution in [0.3, 0.4) is 0 Å². The third-order valence-electron chi connectivity index (χ3n) is 10.9. The third kappa shape index (κ3) is 4.96. The predicted octanol–water partition coefficient (Wildman–Crippen LogP) is 8.53. The molecule has 0 aromatic heterocycles. The van der Waals surface area contributed by atoms with Gasteiger partial charge in [0.1, 0.15) is 6.10 Å². The molecule has 0 saturated heterocycles. The van der Waals surface area contributed by atoms with Crippen molar-refractivity contribution in [2.45, 2.75) is 131 Å². The molecule has 34 heavy (non-hydrogen) atoms. The van der Waals surface area contributed by atoms with E-state index >= 15 is 0 Å². The Labute approximate surface area is 210 Å². The Hall–Kier alpha value is -0.990. The Bertz CT molecular complexity index is 757. The van der Waals surface area contributed by atoms with E-state index in [1.807, 2.05) is 13.8 Å². The first-order chi connectivity index (χ1) is 16.0. The molecule has 0 bridgehead atoms. The number of hydrogen-bond donors (Lipinski definition) is 1. The molecule has 3 saturated carbocycles. The van der Waals surface area contributed by atoms with Crippen LogP contribution in [0.25, 0.3) is 0 Å². The topological polar surface area (TPSA) is 38.3 Å². The maximum absolute atomic E-state index is 12.2. The molecule has 0 spiro atoms. The number of fused-ring (bicyclic) bond motifs is 5. The third-order valence-corrected chi connectivity index (χ3v) is 10.9. The van der Waals surface area contributed by atoms with Crippen molar-refractivity contribution in [2.75, 3.05) is 0 Å².